The lowest BCUT2D eigenvalue weighted by molar-refractivity contribution is -0.122. The average molecular weight is 282 g/mol. The van der Waals surface area contributed by atoms with Crippen molar-refractivity contribution in [3.05, 3.63) is 35.9 Å². The number of fused-ring (bicyclic) bond motifs is 2. The average Bonchev–Trinajstić information content (AvgIpc) is 3.06. The molecule has 3 aliphatic rings. The van der Waals surface area contributed by atoms with Crippen LogP contribution in [0.4, 0.5) is 0 Å². The number of carbonyl (C=O) groups is 1. The molecule has 3 heteroatoms. The molecule has 3 saturated carbocycles. The van der Waals surface area contributed by atoms with E-state index in [4.69, 9.17) is 0 Å². The van der Waals surface area contributed by atoms with Gasteiger partial charge in [0.05, 0.1) is 0 Å². The normalized spacial score (nSPS) is 37.0. The van der Waals surface area contributed by atoms with Gasteiger partial charge >= 0.3 is 0 Å². The maximum atomic E-state index is 12.1. The molecule has 1 aromatic carbocycles. The van der Waals surface area contributed by atoms with Crippen LogP contribution in [-0.4, -0.2) is 12.1 Å². The van der Waals surface area contributed by atoms with Crippen molar-refractivity contribution >= 4 is 12.1 Å². The van der Waals surface area contributed by atoms with Gasteiger partial charge in [0.2, 0.25) is 5.91 Å². The molecule has 1 N–H and O–H groups in total. The molecule has 1 amide bonds. The van der Waals surface area contributed by atoms with Crippen LogP contribution in [0.3, 0.4) is 0 Å². The molecule has 0 radical (unpaired) electrons. The number of carbonyl (C=O) groups excluding carboxylic acids is 1. The summed E-state index contributed by atoms with van der Waals surface area (Å²) < 4.78 is 0. The van der Waals surface area contributed by atoms with Gasteiger partial charge < -0.3 is 0 Å². The first-order chi connectivity index (χ1) is 10.3. The highest BCUT2D eigenvalue weighted by molar-refractivity contribution is 5.83. The van der Waals surface area contributed by atoms with Gasteiger partial charge in [-0.25, -0.2) is 5.43 Å². The molecule has 2 bridgehead atoms. The fraction of sp³-hybridized carbons (Fsp3) is 0.556. The number of hydrazone groups is 1. The van der Waals surface area contributed by atoms with Gasteiger partial charge in [0.25, 0.3) is 0 Å². The van der Waals surface area contributed by atoms with Crippen LogP contribution in [0, 0.1) is 23.7 Å². The Morgan fingerprint density at radius 3 is 2.71 bits per heavy atom. The Morgan fingerprint density at radius 2 is 2.00 bits per heavy atom. The van der Waals surface area contributed by atoms with Crippen molar-refractivity contribution in [3.63, 3.8) is 0 Å². The minimum absolute atomic E-state index is 0.0864. The zero-order valence-corrected chi connectivity index (χ0v) is 12.2. The maximum Gasteiger partial charge on any atom is 0.243 e. The summed E-state index contributed by atoms with van der Waals surface area (Å²) in [6, 6.07) is 10.3. The summed E-state index contributed by atoms with van der Waals surface area (Å²) in [5.74, 6) is 2.95. The zero-order valence-electron chi connectivity index (χ0n) is 12.2. The lowest BCUT2D eigenvalue weighted by Crippen LogP contribution is -2.22. The summed E-state index contributed by atoms with van der Waals surface area (Å²) in [5.41, 5.74) is 4.03. The van der Waals surface area contributed by atoms with Crippen LogP contribution >= 0.6 is 0 Å². The lowest BCUT2D eigenvalue weighted by Gasteiger charge is -2.16. The number of hydrogen-bond donors (Lipinski definition) is 1. The Balaban J connectivity index is 1.28. The van der Waals surface area contributed by atoms with E-state index in [-0.39, 0.29) is 11.8 Å². The van der Waals surface area contributed by atoms with E-state index in [1.165, 1.54) is 31.2 Å². The van der Waals surface area contributed by atoms with Gasteiger partial charge in [0.1, 0.15) is 0 Å². The van der Waals surface area contributed by atoms with Gasteiger partial charge in [0, 0.05) is 12.1 Å². The van der Waals surface area contributed by atoms with Crippen LogP contribution in [0.2, 0.25) is 0 Å². The molecule has 5 atom stereocenters. The molecule has 0 saturated heterocycles. The molecule has 0 aliphatic heterocycles. The van der Waals surface area contributed by atoms with E-state index in [2.05, 4.69) is 22.7 Å². The van der Waals surface area contributed by atoms with Crippen LogP contribution < -0.4 is 5.43 Å². The predicted molar refractivity (Wildman–Crippen MR) is 82.9 cm³/mol. The molecule has 0 spiro atoms. The third-order valence-electron chi connectivity index (χ3n) is 5.59. The van der Waals surface area contributed by atoms with E-state index in [0.717, 1.165) is 18.3 Å². The summed E-state index contributed by atoms with van der Waals surface area (Å²) in [4.78, 5) is 12.1. The molecular formula is C18H22N2O. The van der Waals surface area contributed by atoms with Crippen molar-refractivity contribution in [2.75, 3.05) is 0 Å². The van der Waals surface area contributed by atoms with Gasteiger partial charge in [-0.15, -0.1) is 0 Å². The summed E-state index contributed by atoms with van der Waals surface area (Å²) >= 11 is 0. The van der Waals surface area contributed by atoms with E-state index in [9.17, 15) is 4.79 Å². The monoisotopic (exact) mass is 282 g/mol. The molecule has 110 valence electrons. The fourth-order valence-corrected chi connectivity index (χ4v) is 4.31. The first-order valence-electron chi connectivity index (χ1n) is 8.19. The summed E-state index contributed by atoms with van der Waals surface area (Å²) in [6.45, 7) is 0. The molecule has 0 heterocycles. The Hall–Kier alpha value is -1.64. The van der Waals surface area contributed by atoms with Crippen LogP contribution in [0.1, 0.15) is 43.6 Å². The largest absolute Gasteiger partial charge is 0.273 e. The standard InChI is InChI=1S/C18H22N2O/c21-18(17-10-16(17)13-4-2-1-3-5-13)20-19-11-15-9-12-6-7-14(15)8-12/h1-5,11-12,14-17H,6-10H2,(H,20,21)/b19-11-/t12-,14-,15-,16-,17+/m0/s1. The van der Waals surface area contributed by atoms with Crippen molar-refractivity contribution < 1.29 is 4.79 Å². The van der Waals surface area contributed by atoms with E-state index in [1.807, 2.05) is 24.4 Å². The molecule has 1 aromatic rings. The summed E-state index contributed by atoms with van der Waals surface area (Å²) in [6.07, 6.45) is 8.38. The number of rotatable bonds is 4. The summed E-state index contributed by atoms with van der Waals surface area (Å²) in [5, 5.41) is 4.24. The molecule has 3 nitrogen and oxygen atoms in total. The first-order valence-corrected chi connectivity index (χ1v) is 8.19. The topological polar surface area (TPSA) is 41.5 Å². The second-order valence-electron chi connectivity index (χ2n) is 6.95. The van der Waals surface area contributed by atoms with Gasteiger partial charge in [-0.05, 0) is 54.9 Å². The third-order valence-corrected chi connectivity index (χ3v) is 5.59. The second kappa shape index (κ2) is 5.28. The molecule has 3 aliphatic carbocycles. The smallest absolute Gasteiger partial charge is 0.243 e. The molecule has 3 fully saturated rings. The van der Waals surface area contributed by atoms with Crippen molar-refractivity contribution in [1.82, 2.24) is 5.43 Å². The van der Waals surface area contributed by atoms with Crippen molar-refractivity contribution in [2.24, 2.45) is 28.8 Å². The Labute approximate surface area is 125 Å². The van der Waals surface area contributed by atoms with Crippen LogP contribution in [0.5, 0.6) is 0 Å². The van der Waals surface area contributed by atoms with Crippen molar-refractivity contribution in [3.8, 4) is 0 Å². The molecule has 0 unspecified atom stereocenters. The fourth-order valence-electron chi connectivity index (χ4n) is 4.31. The van der Waals surface area contributed by atoms with Crippen LogP contribution in [0.15, 0.2) is 35.4 Å². The van der Waals surface area contributed by atoms with E-state index >= 15 is 0 Å². The van der Waals surface area contributed by atoms with Gasteiger partial charge in [0.15, 0.2) is 0 Å². The van der Waals surface area contributed by atoms with E-state index in [1.54, 1.807) is 0 Å². The third kappa shape index (κ3) is 2.61. The Bertz CT molecular complexity index is 554. The Morgan fingerprint density at radius 1 is 1.14 bits per heavy atom. The summed E-state index contributed by atoms with van der Waals surface area (Å²) in [7, 11) is 0. The van der Waals surface area contributed by atoms with Gasteiger partial charge in [-0.1, -0.05) is 36.8 Å². The number of amides is 1. The number of hydrogen-bond acceptors (Lipinski definition) is 2. The van der Waals surface area contributed by atoms with Crippen LogP contribution in [-0.2, 0) is 4.79 Å². The Kier molecular flexibility index (Phi) is 3.28. The molecular weight excluding hydrogens is 260 g/mol. The minimum atomic E-state index is 0.0864. The lowest BCUT2D eigenvalue weighted by atomic mass is 9.90. The predicted octanol–water partition coefficient (Wildman–Crippen LogP) is 3.33. The number of nitrogens with one attached hydrogen (secondary N) is 1. The van der Waals surface area contributed by atoms with Crippen molar-refractivity contribution in [2.45, 2.75) is 38.0 Å². The molecule has 0 aromatic heterocycles. The SMILES string of the molecule is O=C(N/N=C\[C@@H]1C[C@H]2CC[C@H]1C2)[C@@H]1C[C@H]1c1ccccc1. The number of benzene rings is 1. The quantitative estimate of drug-likeness (QED) is 0.668. The maximum absolute atomic E-state index is 12.1. The minimum Gasteiger partial charge on any atom is -0.273 e. The second-order valence-corrected chi connectivity index (χ2v) is 6.95. The van der Waals surface area contributed by atoms with Crippen LogP contribution in [0.25, 0.3) is 0 Å². The number of nitrogens with zero attached hydrogens (tertiary/aromatic N) is 1. The van der Waals surface area contributed by atoms with Gasteiger partial charge in [-0.2, -0.15) is 5.10 Å². The highest BCUT2D eigenvalue weighted by Crippen LogP contribution is 2.48. The zero-order chi connectivity index (χ0) is 14.2. The first kappa shape index (κ1) is 13.1. The molecule has 4 rings (SSSR count). The van der Waals surface area contributed by atoms with E-state index in [0.29, 0.717) is 11.8 Å². The van der Waals surface area contributed by atoms with Crippen molar-refractivity contribution in [1.29, 1.82) is 0 Å². The van der Waals surface area contributed by atoms with Gasteiger partial charge in [-0.3, -0.25) is 4.79 Å². The molecule has 21 heavy (non-hydrogen) atoms. The van der Waals surface area contributed by atoms with E-state index < -0.39 is 0 Å². The highest BCUT2D eigenvalue weighted by atomic mass is 16.2. The highest BCUT2D eigenvalue weighted by Gasteiger charge is 2.44.